The molecule has 4 rings (SSSR count). The SMILES string of the molecule is CCn1c(=O)c(=O)[nH]c2cc(C(=O)N3CCN(C(=O)c4ccc(C(F)(F)F)cc4)CC3)ccc21. The number of hydrogen-bond acceptors (Lipinski definition) is 4. The number of amides is 2. The molecule has 1 N–H and O–H groups in total. The Morgan fingerprint density at radius 3 is 1.94 bits per heavy atom. The van der Waals surface area contributed by atoms with Gasteiger partial charge in [0, 0.05) is 43.9 Å². The monoisotopic (exact) mass is 474 g/mol. The molecule has 0 bridgehead atoms. The van der Waals surface area contributed by atoms with Gasteiger partial charge in [-0.2, -0.15) is 13.2 Å². The van der Waals surface area contributed by atoms with Crippen molar-refractivity contribution >= 4 is 22.8 Å². The van der Waals surface area contributed by atoms with Crippen LogP contribution in [0.25, 0.3) is 11.0 Å². The van der Waals surface area contributed by atoms with Crippen molar-refractivity contribution in [1.29, 1.82) is 0 Å². The molecule has 0 unspecified atom stereocenters. The summed E-state index contributed by atoms with van der Waals surface area (Å²) in [4.78, 5) is 55.1. The molecule has 0 saturated carbocycles. The molecule has 11 heteroatoms. The Labute approximate surface area is 191 Å². The van der Waals surface area contributed by atoms with Gasteiger partial charge in [0.1, 0.15) is 0 Å². The summed E-state index contributed by atoms with van der Waals surface area (Å²) in [7, 11) is 0. The average Bonchev–Trinajstić information content (AvgIpc) is 2.83. The van der Waals surface area contributed by atoms with Crippen molar-refractivity contribution in [3.05, 3.63) is 79.9 Å². The van der Waals surface area contributed by atoms with Crippen LogP contribution in [0, 0.1) is 0 Å². The maximum absolute atomic E-state index is 13.0. The van der Waals surface area contributed by atoms with Gasteiger partial charge in [0.15, 0.2) is 0 Å². The Bertz CT molecular complexity index is 1370. The molecule has 1 saturated heterocycles. The topological polar surface area (TPSA) is 95.5 Å². The van der Waals surface area contributed by atoms with E-state index in [1.165, 1.54) is 15.5 Å². The molecule has 8 nitrogen and oxygen atoms in total. The number of H-pyrrole nitrogens is 1. The molecule has 2 heterocycles. The highest BCUT2D eigenvalue weighted by Gasteiger charge is 2.31. The van der Waals surface area contributed by atoms with E-state index in [0.717, 1.165) is 24.3 Å². The lowest BCUT2D eigenvalue weighted by molar-refractivity contribution is -0.137. The van der Waals surface area contributed by atoms with Gasteiger partial charge in [-0.25, -0.2) is 0 Å². The van der Waals surface area contributed by atoms with E-state index in [1.807, 2.05) is 0 Å². The molecule has 178 valence electrons. The lowest BCUT2D eigenvalue weighted by atomic mass is 10.1. The quantitative estimate of drug-likeness (QED) is 0.590. The number of piperazine rings is 1. The third-order valence-corrected chi connectivity index (χ3v) is 5.85. The van der Waals surface area contributed by atoms with Gasteiger partial charge in [0.2, 0.25) is 0 Å². The van der Waals surface area contributed by atoms with Gasteiger partial charge in [-0.05, 0) is 49.4 Å². The summed E-state index contributed by atoms with van der Waals surface area (Å²) in [6.45, 7) is 2.99. The molecule has 0 aliphatic carbocycles. The molecular weight excluding hydrogens is 453 g/mol. The summed E-state index contributed by atoms with van der Waals surface area (Å²) < 4.78 is 39.5. The zero-order valence-electron chi connectivity index (χ0n) is 18.2. The third kappa shape index (κ3) is 4.33. The number of carbonyl (C=O) groups excluding carboxylic acids is 2. The summed E-state index contributed by atoms with van der Waals surface area (Å²) in [5.74, 6) is -0.694. The van der Waals surface area contributed by atoms with Crippen molar-refractivity contribution in [2.45, 2.75) is 19.6 Å². The van der Waals surface area contributed by atoms with E-state index in [2.05, 4.69) is 4.98 Å². The van der Waals surface area contributed by atoms with E-state index in [-0.39, 0.29) is 37.6 Å². The minimum absolute atomic E-state index is 0.147. The van der Waals surface area contributed by atoms with Crippen LogP contribution < -0.4 is 11.1 Å². The number of hydrogen-bond donors (Lipinski definition) is 1. The second-order valence-electron chi connectivity index (χ2n) is 7.89. The fourth-order valence-electron chi connectivity index (χ4n) is 4.01. The smallest absolute Gasteiger partial charge is 0.335 e. The molecule has 0 atom stereocenters. The number of halogens is 3. The number of nitrogens with zero attached hydrogens (tertiary/aromatic N) is 3. The highest BCUT2D eigenvalue weighted by atomic mass is 19.4. The largest absolute Gasteiger partial charge is 0.416 e. The summed E-state index contributed by atoms with van der Waals surface area (Å²) in [6, 6.07) is 8.74. The van der Waals surface area contributed by atoms with E-state index < -0.39 is 28.8 Å². The summed E-state index contributed by atoms with van der Waals surface area (Å²) in [6.07, 6.45) is -4.47. The van der Waals surface area contributed by atoms with Crippen LogP contribution in [0.15, 0.2) is 52.1 Å². The zero-order chi connectivity index (χ0) is 24.6. The Balaban J connectivity index is 1.46. The molecular formula is C23H21F3N4O4. The number of aromatic amines is 1. The molecule has 0 radical (unpaired) electrons. The third-order valence-electron chi connectivity index (χ3n) is 5.85. The lowest BCUT2D eigenvalue weighted by Crippen LogP contribution is -2.50. The molecule has 1 fully saturated rings. The Kier molecular flexibility index (Phi) is 6.03. The fourth-order valence-corrected chi connectivity index (χ4v) is 4.01. The van der Waals surface area contributed by atoms with Gasteiger partial charge in [-0.3, -0.25) is 19.2 Å². The first kappa shape index (κ1) is 23.3. The molecule has 1 aromatic heterocycles. The molecule has 3 aromatic rings. The number of aryl methyl sites for hydroxylation is 1. The van der Waals surface area contributed by atoms with Crippen molar-refractivity contribution in [1.82, 2.24) is 19.4 Å². The Hall–Kier alpha value is -3.89. The van der Waals surface area contributed by atoms with Crippen molar-refractivity contribution in [2.75, 3.05) is 26.2 Å². The number of rotatable bonds is 3. The number of aromatic nitrogens is 2. The van der Waals surface area contributed by atoms with Crippen LogP contribution >= 0.6 is 0 Å². The Morgan fingerprint density at radius 2 is 1.41 bits per heavy atom. The molecule has 1 aliphatic heterocycles. The number of benzene rings is 2. The van der Waals surface area contributed by atoms with E-state index >= 15 is 0 Å². The standard InChI is InChI=1S/C23H21F3N4O4/c1-2-30-18-8-5-15(13-17(18)27-19(31)22(30)34)21(33)29-11-9-28(10-12-29)20(32)14-3-6-16(7-4-14)23(24,25)26/h3-8,13H,2,9-12H2,1H3,(H,27,31). The van der Waals surface area contributed by atoms with Crippen LogP contribution in [0.5, 0.6) is 0 Å². The first-order valence-electron chi connectivity index (χ1n) is 10.6. The second kappa shape index (κ2) is 8.81. The van der Waals surface area contributed by atoms with Crippen LogP contribution in [-0.2, 0) is 12.7 Å². The summed E-state index contributed by atoms with van der Waals surface area (Å²) >= 11 is 0. The predicted molar refractivity (Wildman–Crippen MR) is 118 cm³/mol. The molecule has 2 amide bonds. The van der Waals surface area contributed by atoms with Crippen LogP contribution in [0.3, 0.4) is 0 Å². The average molecular weight is 474 g/mol. The van der Waals surface area contributed by atoms with Crippen molar-refractivity contribution in [2.24, 2.45) is 0 Å². The van der Waals surface area contributed by atoms with Crippen LogP contribution in [-0.4, -0.2) is 57.3 Å². The van der Waals surface area contributed by atoms with Crippen molar-refractivity contribution < 1.29 is 22.8 Å². The van der Waals surface area contributed by atoms with E-state index in [0.29, 0.717) is 23.1 Å². The molecule has 2 aromatic carbocycles. The van der Waals surface area contributed by atoms with Gasteiger partial charge >= 0.3 is 17.3 Å². The normalized spacial score (nSPS) is 14.5. The Morgan fingerprint density at radius 1 is 0.882 bits per heavy atom. The molecule has 1 aliphatic rings. The van der Waals surface area contributed by atoms with Gasteiger partial charge in [-0.1, -0.05) is 0 Å². The van der Waals surface area contributed by atoms with Crippen LogP contribution in [0.4, 0.5) is 13.2 Å². The van der Waals surface area contributed by atoms with Crippen molar-refractivity contribution in [3.63, 3.8) is 0 Å². The zero-order valence-corrected chi connectivity index (χ0v) is 18.2. The van der Waals surface area contributed by atoms with Crippen molar-refractivity contribution in [3.8, 4) is 0 Å². The minimum atomic E-state index is -4.47. The van der Waals surface area contributed by atoms with E-state index in [1.54, 1.807) is 24.0 Å². The fraction of sp³-hybridized carbons (Fsp3) is 0.304. The summed E-state index contributed by atoms with van der Waals surface area (Å²) in [5, 5.41) is 0. The highest BCUT2D eigenvalue weighted by Crippen LogP contribution is 2.29. The number of alkyl halides is 3. The predicted octanol–water partition coefficient (Wildman–Crippen LogP) is 2.33. The summed E-state index contributed by atoms with van der Waals surface area (Å²) in [5.41, 5.74) is -0.909. The first-order chi connectivity index (χ1) is 16.1. The van der Waals surface area contributed by atoms with Crippen LogP contribution in [0.1, 0.15) is 33.2 Å². The van der Waals surface area contributed by atoms with Gasteiger partial charge in [0.25, 0.3) is 11.8 Å². The lowest BCUT2D eigenvalue weighted by Gasteiger charge is -2.35. The van der Waals surface area contributed by atoms with Crippen LogP contribution in [0.2, 0.25) is 0 Å². The van der Waals surface area contributed by atoms with E-state index in [9.17, 15) is 32.3 Å². The minimum Gasteiger partial charge on any atom is -0.335 e. The van der Waals surface area contributed by atoms with Gasteiger partial charge < -0.3 is 19.4 Å². The maximum atomic E-state index is 13.0. The molecule has 0 spiro atoms. The maximum Gasteiger partial charge on any atom is 0.416 e. The first-order valence-corrected chi connectivity index (χ1v) is 10.6. The second-order valence-corrected chi connectivity index (χ2v) is 7.89. The number of fused-ring (bicyclic) bond motifs is 1. The number of carbonyl (C=O) groups is 2. The van der Waals surface area contributed by atoms with Gasteiger partial charge in [-0.15, -0.1) is 0 Å². The molecule has 34 heavy (non-hydrogen) atoms. The highest BCUT2D eigenvalue weighted by molar-refractivity contribution is 5.98. The number of nitrogens with one attached hydrogen (secondary N) is 1. The van der Waals surface area contributed by atoms with E-state index in [4.69, 9.17) is 0 Å². The van der Waals surface area contributed by atoms with Gasteiger partial charge in [0.05, 0.1) is 16.6 Å².